The number of benzene rings is 2. The maximum absolute atomic E-state index is 9.63. The molecule has 0 bridgehead atoms. The van der Waals surface area contributed by atoms with Crippen LogP contribution in [0.1, 0.15) is 5.56 Å². The number of halogens is 1. The summed E-state index contributed by atoms with van der Waals surface area (Å²) in [6.45, 7) is 0. The monoisotopic (exact) mass is 300 g/mol. The number of hydrogen-bond acceptors (Lipinski definition) is 3. The topological polar surface area (TPSA) is 35.8 Å². The third-order valence-electron chi connectivity index (χ3n) is 2.94. The minimum absolute atomic E-state index is 0.111. The van der Waals surface area contributed by atoms with Gasteiger partial charge in [0.2, 0.25) is 0 Å². The number of phenols is 1. The summed E-state index contributed by atoms with van der Waals surface area (Å²) in [5.41, 5.74) is 2.70. The van der Waals surface area contributed by atoms with Crippen LogP contribution in [0.15, 0.2) is 53.5 Å². The van der Waals surface area contributed by atoms with Crippen LogP contribution in [0.2, 0.25) is 5.02 Å². The Labute approximate surface area is 129 Å². The zero-order valence-electron chi connectivity index (χ0n) is 12.0. The number of aromatic hydroxyl groups is 1. The van der Waals surface area contributed by atoms with Crippen molar-refractivity contribution in [3.8, 4) is 5.75 Å². The van der Waals surface area contributed by atoms with E-state index in [1.54, 1.807) is 18.3 Å². The predicted octanol–water partition coefficient (Wildman–Crippen LogP) is 4.53. The molecule has 0 unspecified atom stereocenters. The Morgan fingerprint density at radius 1 is 1.10 bits per heavy atom. The van der Waals surface area contributed by atoms with E-state index in [1.807, 2.05) is 38.4 Å². The Morgan fingerprint density at radius 2 is 1.81 bits per heavy atom. The fourth-order valence-corrected chi connectivity index (χ4v) is 1.93. The molecular formula is C17H17ClN2O. The molecule has 0 aliphatic heterocycles. The predicted molar refractivity (Wildman–Crippen MR) is 91.1 cm³/mol. The van der Waals surface area contributed by atoms with E-state index in [1.165, 1.54) is 6.07 Å². The molecular weight excluding hydrogens is 284 g/mol. The minimum Gasteiger partial charge on any atom is -0.506 e. The number of phenolic OH excluding ortho intramolecular Hbond substituents is 1. The van der Waals surface area contributed by atoms with Crippen LogP contribution in [0.3, 0.4) is 0 Å². The number of anilines is 1. The molecule has 2 rings (SSSR count). The summed E-state index contributed by atoms with van der Waals surface area (Å²) in [4.78, 5) is 6.23. The highest BCUT2D eigenvalue weighted by Gasteiger charge is 1.98. The van der Waals surface area contributed by atoms with Crippen LogP contribution >= 0.6 is 11.6 Å². The van der Waals surface area contributed by atoms with Crippen molar-refractivity contribution < 1.29 is 5.11 Å². The second-order valence-electron chi connectivity index (χ2n) is 4.76. The van der Waals surface area contributed by atoms with Gasteiger partial charge in [-0.15, -0.1) is 0 Å². The molecule has 0 saturated carbocycles. The maximum Gasteiger partial charge on any atom is 0.141 e. The largest absolute Gasteiger partial charge is 0.506 e. The maximum atomic E-state index is 9.63. The second kappa shape index (κ2) is 6.95. The fraction of sp³-hybridized carbons (Fsp3) is 0.118. The molecule has 108 valence electrons. The van der Waals surface area contributed by atoms with E-state index < -0.39 is 0 Å². The SMILES string of the molecule is CN(C)c1ccc(/C=C/C=Nc2cc(Cl)ccc2O)cc1. The average Bonchev–Trinajstić information content (AvgIpc) is 2.47. The van der Waals surface area contributed by atoms with Gasteiger partial charge in [0, 0.05) is 31.0 Å². The van der Waals surface area contributed by atoms with Gasteiger partial charge < -0.3 is 10.0 Å². The molecule has 4 heteroatoms. The summed E-state index contributed by atoms with van der Waals surface area (Å²) in [5, 5.41) is 10.2. The first-order chi connectivity index (χ1) is 10.1. The summed E-state index contributed by atoms with van der Waals surface area (Å²) in [7, 11) is 4.02. The summed E-state index contributed by atoms with van der Waals surface area (Å²) >= 11 is 5.86. The van der Waals surface area contributed by atoms with E-state index in [9.17, 15) is 5.11 Å². The summed E-state index contributed by atoms with van der Waals surface area (Å²) in [6, 6.07) is 13.0. The van der Waals surface area contributed by atoms with Gasteiger partial charge in [-0.05, 0) is 42.0 Å². The van der Waals surface area contributed by atoms with Gasteiger partial charge in [-0.3, -0.25) is 4.99 Å². The summed E-state index contributed by atoms with van der Waals surface area (Å²) < 4.78 is 0. The molecule has 1 N–H and O–H groups in total. The number of allylic oxidation sites excluding steroid dienone is 1. The van der Waals surface area contributed by atoms with Crippen LogP contribution in [-0.2, 0) is 0 Å². The highest BCUT2D eigenvalue weighted by molar-refractivity contribution is 6.30. The molecule has 0 atom stereocenters. The van der Waals surface area contributed by atoms with Crippen LogP contribution in [0, 0.1) is 0 Å². The van der Waals surface area contributed by atoms with Crippen LogP contribution in [0.5, 0.6) is 5.75 Å². The van der Waals surface area contributed by atoms with Gasteiger partial charge in [-0.1, -0.05) is 29.8 Å². The lowest BCUT2D eigenvalue weighted by molar-refractivity contribution is 0.477. The van der Waals surface area contributed by atoms with Gasteiger partial charge in [0.05, 0.1) is 0 Å². The first kappa shape index (κ1) is 15.1. The van der Waals surface area contributed by atoms with Crippen LogP contribution in [-0.4, -0.2) is 25.4 Å². The van der Waals surface area contributed by atoms with Crippen LogP contribution < -0.4 is 4.90 Å². The van der Waals surface area contributed by atoms with Gasteiger partial charge in [-0.2, -0.15) is 0 Å². The Balaban J connectivity index is 2.04. The summed E-state index contributed by atoms with van der Waals surface area (Å²) in [6.07, 6.45) is 5.40. The standard InChI is InChI=1S/C17H17ClN2O/c1-20(2)15-8-5-13(6-9-15)4-3-11-19-16-12-14(18)7-10-17(16)21/h3-12,21H,1-2H3/b4-3+,19-11?. The fourth-order valence-electron chi connectivity index (χ4n) is 1.76. The lowest BCUT2D eigenvalue weighted by Gasteiger charge is -2.11. The highest BCUT2D eigenvalue weighted by atomic mass is 35.5. The van der Waals surface area contributed by atoms with Crippen molar-refractivity contribution in [2.24, 2.45) is 4.99 Å². The normalized spacial score (nSPS) is 11.4. The number of nitrogens with zero attached hydrogens (tertiary/aromatic N) is 2. The Bertz CT molecular complexity index is 661. The highest BCUT2D eigenvalue weighted by Crippen LogP contribution is 2.28. The molecule has 0 fully saturated rings. The third kappa shape index (κ3) is 4.36. The van der Waals surface area contributed by atoms with Gasteiger partial charge in [0.25, 0.3) is 0 Å². The number of aliphatic imine (C=N–C) groups is 1. The average molecular weight is 301 g/mol. The Kier molecular flexibility index (Phi) is 5.01. The zero-order chi connectivity index (χ0) is 15.2. The van der Waals surface area contributed by atoms with E-state index >= 15 is 0 Å². The molecule has 3 nitrogen and oxygen atoms in total. The molecule has 0 aliphatic rings. The van der Waals surface area contributed by atoms with E-state index in [0.29, 0.717) is 10.7 Å². The molecule has 0 radical (unpaired) electrons. The molecule has 0 aromatic heterocycles. The van der Waals surface area contributed by atoms with Crippen molar-refractivity contribution in [2.75, 3.05) is 19.0 Å². The van der Waals surface area contributed by atoms with E-state index in [-0.39, 0.29) is 5.75 Å². The lowest BCUT2D eigenvalue weighted by Crippen LogP contribution is -2.07. The first-order valence-corrected chi connectivity index (χ1v) is 6.91. The molecule has 0 heterocycles. The van der Waals surface area contributed by atoms with E-state index in [4.69, 9.17) is 11.6 Å². The first-order valence-electron chi connectivity index (χ1n) is 6.53. The molecule has 0 amide bonds. The Morgan fingerprint density at radius 3 is 2.48 bits per heavy atom. The van der Waals surface area contributed by atoms with E-state index in [0.717, 1.165) is 11.3 Å². The number of hydrogen-bond donors (Lipinski definition) is 1. The molecule has 21 heavy (non-hydrogen) atoms. The van der Waals surface area contributed by atoms with Crippen LogP contribution in [0.25, 0.3) is 6.08 Å². The zero-order valence-corrected chi connectivity index (χ0v) is 12.7. The molecule has 2 aromatic carbocycles. The van der Waals surface area contributed by atoms with Gasteiger partial charge in [-0.25, -0.2) is 0 Å². The van der Waals surface area contributed by atoms with Crippen molar-refractivity contribution in [1.29, 1.82) is 0 Å². The van der Waals surface area contributed by atoms with Crippen molar-refractivity contribution in [3.05, 3.63) is 59.1 Å². The van der Waals surface area contributed by atoms with E-state index in [2.05, 4.69) is 22.0 Å². The van der Waals surface area contributed by atoms with Gasteiger partial charge >= 0.3 is 0 Å². The van der Waals surface area contributed by atoms with Crippen molar-refractivity contribution in [2.45, 2.75) is 0 Å². The number of rotatable bonds is 4. The molecule has 2 aromatic rings. The molecule has 0 saturated heterocycles. The van der Waals surface area contributed by atoms with Crippen molar-refractivity contribution in [3.63, 3.8) is 0 Å². The second-order valence-corrected chi connectivity index (χ2v) is 5.19. The lowest BCUT2D eigenvalue weighted by atomic mass is 10.2. The van der Waals surface area contributed by atoms with Crippen molar-refractivity contribution in [1.82, 2.24) is 0 Å². The van der Waals surface area contributed by atoms with Crippen LogP contribution in [0.4, 0.5) is 11.4 Å². The minimum atomic E-state index is 0.111. The Hall–Kier alpha value is -2.26. The molecule has 0 aliphatic carbocycles. The van der Waals surface area contributed by atoms with Gasteiger partial charge in [0.1, 0.15) is 11.4 Å². The van der Waals surface area contributed by atoms with Crippen molar-refractivity contribution >= 4 is 35.3 Å². The van der Waals surface area contributed by atoms with Gasteiger partial charge in [0.15, 0.2) is 0 Å². The summed E-state index contributed by atoms with van der Waals surface area (Å²) in [5.74, 6) is 0.111. The smallest absolute Gasteiger partial charge is 0.141 e. The molecule has 0 spiro atoms. The third-order valence-corrected chi connectivity index (χ3v) is 3.17. The quantitative estimate of drug-likeness (QED) is 0.842.